The van der Waals surface area contributed by atoms with Crippen LogP contribution in [0.25, 0.3) is 0 Å². The Morgan fingerprint density at radius 3 is 2.50 bits per heavy atom. The molecule has 0 spiro atoms. The predicted molar refractivity (Wildman–Crippen MR) is 73.6 cm³/mol. The van der Waals surface area contributed by atoms with Gasteiger partial charge in [0.25, 0.3) is 5.56 Å². The summed E-state index contributed by atoms with van der Waals surface area (Å²) in [5, 5.41) is 0.153. The summed E-state index contributed by atoms with van der Waals surface area (Å²) in [7, 11) is 1.94. The number of hydrogen-bond acceptors (Lipinski definition) is 3. The zero-order valence-electron chi connectivity index (χ0n) is 11.3. The van der Waals surface area contributed by atoms with Crippen molar-refractivity contribution < 1.29 is 0 Å². The van der Waals surface area contributed by atoms with Gasteiger partial charge in [0.05, 0.1) is 5.56 Å². The van der Waals surface area contributed by atoms with Crippen LogP contribution < -0.4 is 11.2 Å². The van der Waals surface area contributed by atoms with E-state index < -0.39 is 5.69 Å². The van der Waals surface area contributed by atoms with Crippen LogP contribution in [0.15, 0.2) is 9.59 Å². The Hall–Kier alpha value is -1.07. The fourth-order valence-corrected chi connectivity index (χ4v) is 2.07. The minimum atomic E-state index is -0.445. The van der Waals surface area contributed by atoms with Gasteiger partial charge in [0, 0.05) is 13.1 Å². The lowest BCUT2D eigenvalue weighted by molar-refractivity contribution is 0.329. The summed E-state index contributed by atoms with van der Waals surface area (Å²) in [6.07, 6.45) is 0. The van der Waals surface area contributed by atoms with Gasteiger partial charge in [0.2, 0.25) is 0 Å². The van der Waals surface area contributed by atoms with E-state index in [1.165, 1.54) is 4.57 Å². The van der Waals surface area contributed by atoms with E-state index >= 15 is 0 Å². The number of likely N-dealkylation sites (N-methyl/N-ethyl adjacent to an activating group) is 1. The number of H-pyrrole nitrogens is 1. The molecule has 0 fully saturated rings. The molecule has 0 aromatic carbocycles. The van der Waals surface area contributed by atoms with E-state index in [9.17, 15) is 9.59 Å². The zero-order valence-corrected chi connectivity index (χ0v) is 12.0. The van der Waals surface area contributed by atoms with E-state index in [2.05, 4.69) is 4.98 Å². The Bertz CT molecular complexity index is 519. The first-order valence-electron chi connectivity index (χ1n) is 6.09. The van der Waals surface area contributed by atoms with Gasteiger partial charge in [0.1, 0.15) is 5.15 Å². The van der Waals surface area contributed by atoms with Crippen molar-refractivity contribution in [2.75, 3.05) is 20.1 Å². The first-order valence-corrected chi connectivity index (χ1v) is 6.47. The van der Waals surface area contributed by atoms with Gasteiger partial charge in [-0.1, -0.05) is 32.4 Å². The third-order valence-corrected chi connectivity index (χ3v) is 3.29. The maximum atomic E-state index is 12.2. The molecule has 0 amide bonds. The minimum absolute atomic E-state index is 0.0167. The molecule has 0 aliphatic carbocycles. The van der Waals surface area contributed by atoms with E-state index in [-0.39, 0.29) is 16.6 Å². The molecular weight excluding hydrogens is 254 g/mol. The lowest BCUT2D eigenvalue weighted by Crippen LogP contribution is -2.40. The van der Waals surface area contributed by atoms with Crippen LogP contribution >= 0.6 is 11.6 Å². The van der Waals surface area contributed by atoms with Crippen molar-refractivity contribution in [2.24, 2.45) is 0 Å². The number of nitrogens with zero attached hydrogens (tertiary/aromatic N) is 2. The van der Waals surface area contributed by atoms with Crippen molar-refractivity contribution in [3.63, 3.8) is 0 Å². The van der Waals surface area contributed by atoms with Gasteiger partial charge >= 0.3 is 5.69 Å². The number of aromatic nitrogens is 2. The molecule has 0 bridgehead atoms. The van der Waals surface area contributed by atoms with Crippen LogP contribution in [0.5, 0.6) is 0 Å². The second kappa shape index (κ2) is 6.20. The summed E-state index contributed by atoms with van der Waals surface area (Å²) in [6, 6.07) is 0. The SMILES string of the molecule is CCN(C)CCn1c(=O)[nH]c(Cl)c(C(C)C)c1=O. The molecule has 0 aliphatic heterocycles. The van der Waals surface area contributed by atoms with E-state index in [0.29, 0.717) is 18.7 Å². The fraction of sp³-hybridized carbons (Fsp3) is 0.667. The third kappa shape index (κ3) is 3.23. The van der Waals surface area contributed by atoms with Gasteiger partial charge < -0.3 is 4.90 Å². The summed E-state index contributed by atoms with van der Waals surface area (Å²) in [5.74, 6) is -0.0167. The Morgan fingerprint density at radius 2 is 2.00 bits per heavy atom. The molecule has 18 heavy (non-hydrogen) atoms. The summed E-state index contributed by atoms with van der Waals surface area (Å²) in [4.78, 5) is 28.5. The van der Waals surface area contributed by atoms with Crippen LogP contribution in [0, 0.1) is 0 Å². The molecule has 0 radical (unpaired) electrons. The van der Waals surface area contributed by atoms with Crippen molar-refractivity contribution in [1.29, 1.82) is 0 Å². The van der Waals surface area contributed by atoms with E-state index in [1.54, 1.807) is 0 Å². The largest absolute Gasteiger partial charge is 0.329 e. The summed E-state index contributed by atoms with van der Waals surface area (Å²) in [5.41, 5.74) is -0.266. The Labute approximate surface area is 111 Å². The van der Waals surface area contributed by atoms with Crippen LogP contribution in [0.3, 0.4) is 0 Å². The molecule has 0 unspecified atom stereocenters. The standard InChI is InChI=1S/C12H20ClN3O2/c1-5-15(4)6-7-16-11(17)9(8(2)3)10(13)14-12(16)18/h8H,5-7H2,1-4H3,(H,14,18). The number of halogens is 1. The topological polar surface area (TPSA) is 58.1 Å². The number of aromatic amines is 1. The quantitative estimate of drug-likeness (QED) is 0.822. The van der Waals surface area contributed by atoms with Crippen LogP contribution in [0.2, 0.25) is 5.15 Å². The molecule has 0 aliphatic rings. The van der Waals surface area contributed by atoms with E-state index in [4.69, 9.17) is 11.6 Å². The molecule has 0 saturated heterocycles. The van der Waals surface area contributed by atoms with Crippen LogP contribution in [-0.2, 0) is 6.54 Å². The highest BCUT2D eigenvalue weighted by Gasteiger charge is 2.15. The molecule has 1 N–H and O–H groups in total. The van der Waals surface area contributed by atoms with Crippen molar-refractivity contribution in [1.82, 2.24) is 14.5 Å². The average molecular weight is 274 g/mol. The van der Waals surface area contributed by atoms with Crippen LogP contribution in [0.4, 0.5) is 0 Å². The van der Waals surface area contributed by atoms with Crippen molar-refractivity contribution >= 4 is 11.6 Å². The Balaban J connectivity index is 3.16. The van der Waals surface area contributed by atoms with Crippen molar-refractivity contribution in [2.45, 2.75) is 33.2 Å². The van der Waals surface area contributed by atoms with Crippen LogP contribution in [0.1, 0.15) is 32.3 Å². The van der Waals surface area contributed by atoms with Crippen molar-refractivity contribution in [3.8, 4) is 0 Å². The van der Waals surface area contributed by atoms with Gasteiger partial charge in [-0.05, 0) is 19.5 Å². The molecule has 1 aromatic heterocycles. The second-order valence-corrected chi connectivity index (χ2v) is 5.04. The summed E-state index contributed by atoms with van der Waals surface area (Å²) in [6.45, 7) is 7.67. The predicted octanol–water partition coefficient (Wildman–Crippen LogP) is 1.27. The number of hydrogen-bond donors (Lipinski definition) is 1. The van der Waals surface area contributed by atoms with E-state index in [0.717, 1.165) is 6.54 Å². The smallest absolute Gasteiger partial charge is 0.305 e. The molecule has 102 valence electrons. The highest BCUT2D eigenvalue weighted by molar-refractivity contribution is 6.30. The molecule has 0 saturated carbocycles. The highest BCUT2D eigenvalue weighted by atomic mass is 35.5. The highest BCUT2D eigenvalue weighted by Crippen LogP contribution is 2.16. The van der Waals surface area contributed by atoms with Gasteiger partial charge in [-0.25, -0.2) is 4.79 Å². The minimum Gasteiger partial charge on any atom is -0.305 e. The Morgan fingerprint density at radius 1 is 1.39 bits per heavy atom. The van der Waals surface area contributed by atoms with Gasteiger partial charge in [-0.2, -0.15) is 0 Å². The van der Waals surface area contributed by atoms with Gasteiger partial charge in [-0.3, -0.25) is 14.3 Å². The zero-order chi connectivity index (χ0) is 13.9. The number of rotatable bonds is 5. The lowest BCUT2D eigenvalue weighted by atomic mass is 10.1. The maximum absolute atomic E-state index is 12.2. The monoisotopic (exact) mass is 273 g/mol. The Kier molecular flexibility index (Phi) is 5.16. The first kappa shape index (κ1) is 15.0. The normalized spacial score (nSPS) is 11.5. The van der Waals surface area contributed by atoms with Gasteiger partial charge in [0.15, 0.2) is 0 Å². The number of nitrogens with one attached hydrogen (secondary N) is 1. The third-order valence-electron chi connectivity index (χ3n) is 3.00. The van der Waals surface area contributed by atoms with E-state index in [1.807, 2.05) is 32.7 Å². The molecule has 5 nitrogen and oxygen atoms in total. The second-order valence-electron chi connectivity index (χ2n) is 4.67. The summed E-state index contributed by atoms with van der Waals surface area (Å²) < 4.78 is 1.22. The average Bonchev–Trinajstić information content (AvgIpc) is 2.27. The molecule has 1 aromatic rings. The maximum Gasteiger partial charge on any atom is 0.329 e. The van der Waals surface area contributed by atoms with Crippen LogP contribution in [-0.4, -0.2) is 34.6 Å². The van der Waals surface area contributed by atoms with Gasteiger partial charge in [-0.15, -0.1) is 0 Å². The molecule has 0 atom stereocenters. The summed E-state index contributed by atoms with van der Waals surface area (Å²) >= 11 is 5.91. The molecule has 1 rings (SSSR count). The van der Waals surface area contributed by atoms with Crippen molar-refractivity contribution in [3.05, 3.63) is 31.6 Å². The molecule has 1 heterocycles. The first-order chi connectivity index (χ1) is 8.38. The fourth-order valence-electron chi connectivity index (χ4n) is 1.69. The molecular formula is C12H20ClN3O2. The molecule has 6 heteroatoms. The lowest BCUT2D eigenvalue weighted by Gasteiger charge is -2.15.